The van der Waals surface area contributed by atoms with Crippen LogP contribution in [-0.2, 0) is 17.0 Å². The Hall–Kier alpha value is -2.57. The lowest BCUT2D eigenvalue weighted by atomic mass is 9.97. The molecule has 0 saturated heterocycles. The maximum absolute atomic E-state index is 15.1. The van der Waals surface area contributed by atoms with E-state index in [0.717, 1.165) is 29.3 Å². The van der Waals surface area contributed by atoms with Crippen LogP contribution in [0.1, 0.15) is 16.7 Å². The van der Waals surface area contributed by atoms with Crippen molar-refractivity contribution in [1.82, 2.24) is 0 Å². The Labute approximate surface area is 188 Å². The Kier molecular flexibility index (Phi) is 6.59. The highest BCUT2D eigenvalue weighted by molar-refractivity contribution is 8.22. The lowest BCUT2D eigenvalue weighted by Gasteiger charge is -2.43. The summed E-state index contributed by atoms with van der Waals surface area (Å²) >= 11 is 5.91. The molecule has 0 fully saturated rings. The molecule has 3 aromatic rings. The number of aryl methyl sites for hydroxylation is 2. The molecule has 0 amide bonds. The zero-order chi connectivity index (χ0) is 23.7. The third kappa shape index (κ3) is 4.09. The topological polar surface area (TPSA) is 43.1 Å². The minimum atomic E-state index is -5.14. The molecule has 0 unspecified atom stereocenters. The van der Waals surface area contributed by atoms with Gasteiger partial charge in [0.15, 0.2) is 5.16 Å². The van der Waals surface area contributed by atoms with Gasteiger partial charge in [-0.05, 0) is 42.2 Å². The van der Waals surface area contributed by atoms with E-state index in [9.17, 15) is 14.5 Å². The highest BCUT2D eigenvalue weighted by atomic mass is 32.4. The van der Waals surface area contributed by atoms with E-state index >= 15 is 13.2 Å². The first-order chi connectivity index (χ1) is 14.9. The van der Waals surface area contributed by atoms with Crippen LogP contribution in [0.3, 0.4) is 0 Å². The molecule has 0 bridgehead atoms. The number of hydrogen-bond donors (Lipinski definition) is 0. The van der Waals surface area contributed by atoms with Crippen molar-refractivity contribution in [3.63, 3.8) is 0 Å². The molecular formula is C23H20F4NO2PS. The second-order valence-electron chi connectivity index (χ2n) is 7.64. The number of hydrogen-bond acceptors (Lipinski definition) is 3. The van der Waals surface area contributed by atoms with Crippen LogP contribution in [-0.4, -0.2) is 17.6 Å². The maximum atomic E-state index is 15.1. The van der Waals surface area contributed by atoms with E-state index in [1.54, 1.807) is 38.1 Å². The highest BCUT2D eigenvalue weighted by Crippen LogP contribution is 2.68. The van der Waals surface area contributed by atoms with E-state index in [2.05, 4.69) is 0 Å². The molecule has 0 radical (unpaired) electrons. The Morgan fingerprint density at radius 2 is 1.38 bits per heavy atom. The van der Waals surface area contributed by atoms with Gasteiger partial charge in [-0.3, -0.25) is 10.1 Å². The molecule has 0 spiro atoms. The van der Waals surface area contributed by atoms with Crippen molar-refractivity contribution in [1.29, 1.82) is 0 Å². The number of alkyl halides is 3. The van der Waals surface area contributed by atoms with E-state index in [-0.39, 0.29) is 10.6 Å². The summed E-state index contributed by atoms with van der Waals surface area (Å²) in [4.78, 5) is 10.7. The van der Waals surface area contributed by atoms with Crippen molar-refractivity contribution in [3.8, 4) is 0 Å². The van der Waals surface area contributed by atoms with Crippen molar-refractivity contribution in [3.05, 3.63) is 105 Å². The first-order valence-electron chi connectivity index (χ1n) is 9.61. The lowest BCUT2D eigenvalue weighted by molar-refractivity contribution is -0.494. The highest BCUT2D eigenvalue weighted by Gasteiger charge is 2.68. The fourth-order valence-corrected chi connectivity index (χ4v) is 8.86. The third-order valence-electron chi connectivity index (χ3n) is 5.46. The van der Waals surface area contributed by atoms with Crippen molar-refractivity contribution in [2.24, 2.45) is 0 Å². The molecule has 0 saturated carbocycles. The Bertz CT molecular complexity index is 1130. The van der Waals surface area contributed by atoms with Gasteiger partial charge in [-0.2, -0.15) is 13.2 Å². The molecule has 0 aliphatic heterocycles. The van der Waals surface area contributed by atoms with Gasteiger partial charge in [0.05, 0.1) is 0 Å². The molecule has 1 atom stereocenters. The van der Waals surface area contributed by atoms with Gasteiger partial charge in [-0.25, -0.2) is 4.39 Å². The quantitative estimate of drug-likeness (QED) is 0.199. The predicted molar refractivity (Wildman–Crippen MR) is 122 cm³/mol. The van der Waals surface area contributed by atoms with Crippen LogP contribution in [0.15, 0.2) is 72.8 Å². The normalized spacial score (nSPS) is 14.1. The Balaban J connectivity index is 2.54. The van der Waals surface area contributed by atoms with Gasteiger partial charge in [0.1, 0.15) is 5.82 Å². The second-order valence-corrected chi connectivity index (χ2v) is 12.3. The van der Waals surface area contributed by atoms with Gasteiger partial charge in [0, 0.05) is 11.0 Å². The smallest absolute Gasteiger partial charge is 0.264 e. The second kappa shape index (κ2) is 8.75. The largest absolute Gasteiger partial charge is 0.409 e. The molecule has 3 aromatic carbocycles. The van der Waals surface area contributed by atoms with Crippen LogP contribution >= 0.6 is 6.04 Å². The molecule has 0 aliphatic carbocycles. The molecule has 3 nitrogen and oxygen atoms in total. The summed E-state index contributed by atoms with van der Waals surface area (Å²) in [5.74, 6) is -0.922. The number of benzene rings is 3. The average Bonchev–Trinajstić information content (AvgIpc) is 2.71. The fraction of sp³-hybridized carbons (Fsp3) is 0.217. The van der Waals surface area contributed by atoms with Crippen molar-refractivity contribution in [2.45, 2.75) is 25.2 Å². The molecule has 0 aromatic heterocycles. The zero-order valence-corrected chi connectivity index (χ0v) is 19.0. The first kappa shape index (κ1) is 24.1. The van der Waals surface area contributed by atoms with E-state index in [4.69, 9.17) is 11.8 Å². The summed E-state index contributed by atoms with van der Waals surface area (Å²) in [5, 5.41) is 8.94. The van der Waals surface area contributed by atoms with Gasteiger partial charge in [-0.1, -0.05) is 83.6 Å². The van der Waals surface area contributed by atoms with Gasteiger partial charge >= 0.3 is 6.18 Å². The van der Waals surface area contributed by atoms with Gasteiger partial charge < -0.3 is 0 Å². The van der Waals surface area contributed by atoms with Crippen LogP contribution in [0.5, 0.6) is 0 Å². The van der Waals surface area contributed by atoms with E-state index < -0.39 is 40.2 Å². The standard InChI is InChI=1S/C23H20F4NO2PS/c1-16-6-10-20(11-7-16)31(32,21-12-8-17(2)9-13-21)22(15-28(29)30,23(25,26)27)18-4-3-5-19(24)14-18/h3-14H,15H2,1-2H3/t22-/m1/s1. The molecule has 0 N–H and O–H groups in total. The van der Waals surface area contributed by atoms with E-state index in [0.29, 0.717) is 6.07 Å². The minimum Gasteiger partial charge on any atom is -0.264 e. The van der Waals surface area contributed by atoms with Crippen LogP contribution in [0, 0.1) is 29.8 Å². The fourth-order valence-electron chi connectivity index (χ4n) is 3.84. The number of nitrogens with zero attached hydrogens (tertiary/aromatic N) is 1. The Morgan fingerprint density at radius 1 is 0.906 bits per heavy atom. The van der Waals surface area contributed by atoms with E-state index in [1.165, 1.54) is 24.3 Å². The summed E-state index contributed by atoms with van der Waals surface area (Å²) in [6.07, 6.45) is -5.14. The summed E-state index contributed by atoms with van der Waals surface area (Å²) in [6, 6.07) is 12.4. The summed E-state index contributed by atoms with van der Waals surface area (Å²) in [7, 11) is 0. The zero-order valence-electron chi connectivity index (χ0n) is 17.3. The SMILES string of the molecule is Cc1ccc(P(=S)(c2ccc(C)cc2)[C@](C[N+](=O)[O-])(c2cccc(F)c2)C(F)(F)F)cc1. The molecule has 3 rings (SSSR count). The molecular weight excluding hydrogens is 461 g/mol. The summed E-state index contributed by atoms with van der Waals surface area (Å²) in [5.41, 5.74) is 1.06. The molecule has 9 heteroatoms. The monoisotopic (exact) mass is 481 g/mol. The molecule has 0 aliphatic rings. The van der Waals surface area contributed by atoms with Crippen LogP contribution < -0.4 is 10.6 Å². The minimum absolute atomic E-state index is 0.172. The van der Waals surface area contributed by atoms with Gasteiger partial charge in [-0.15, -0.1) is 0 Å². The van der Waals surface area contributed by atoms with E-state index in [1.807, 2.05) is 0 Å². The van der Waals surface area contributed by atoms with Gasteiger partial charge in [0.2, 0.25) is 6.54 Å². The van der Waals surface area contributed by atoms with Crippen LogP contribution in [0.2, 0.25) is 0 Å². The summed E-state index contributed by atoms with van der Waals surface area (Å²) in [6.45, 7) is 2.04. The van der Waals surface area contributed by atoms with Crippen molar-refractivity contribution in [2.75, 3.05) is 6.54 Å². The van der Waals surface area contributed by atoms with Crippen LogP contribution in [0.4, 0.5) is 17.6 Å². The number of halogens is 4. The molecule has 32 heavy (non-hydrogen) atoms. The average molecular weight is 481 g/mol. The third-order valence-corrected chi connectivity index (χ3v) is 11.4. The summed E-state index contributed by atoms with van der Waals surface area (Å²) < 4.78 is 59.5. The number of nitro groups is 1. The lowest BCUT2D eigenvalue weighted by Crippen LogP contribution is -2.51. The van der Waals surface area contributed by atoms with Crippen molar-refractivity contribution < 1.29 is 22.5 Å². The first-order valence-corrected chi connectivity index (χ1v) is 12.4. The number of rotatable bonds is 6. The Morgan fingerprint density at radius 3 is 1.75 bits per heavy atom. The predicted octanol–water partition coefficient (Wildman–Crippen LogP) is 5.61. The van der Waals surface area contributed by atoms with Gasteiger partial charge in [0.25, 0.3) is 0 Å². The van der Waals surface area contributed by atoms with Crippen LogP contribution in [0.25, 0.3) is 0 Å². The van der Waals surface area contributed by atoms with Crippen molar-refractivity contribution >= 4 is 28.5 Å². The molecule has 0 heterocycles. The maximum Gasteiger partial charge on any atom is 0.409 e. The molecule has 168 valence electrons.